The third-order valence-electron chi connectivity index (χ3n) is 3.25. The van der Waals surface area contributed by atoms with Crippen LogP contribution in [0, 0.1) is 11.3 Å². The Balaban J connectivity index is 1.50. The van der Waals surface area contributed by atoms with Crippen LogP contribution in [0.25, 0.3) is 0 Å². The van der Waals surface area contributed by atoms with Gasteiger partial charge in [0.25, 0.3) is 5.91 Å². The minimum atomic E-state index is -0.295. The van der Waals surface area contributed by atoms with Crippen molar-refractivity contribution in [3.8, 4) is 11.8 Å². The first kappa shape index (κ1) is 17.9. The molecule has 0 atom stereocenters. The predicted molar refractivity (Wildman–Crippen MR) is 101 cm³/mol. The van der Waals surface area contributed by atoms with E-state index in [9.17, 15) is 4.79 Å². The molecule has 0 aliphatic heterocycles. The van der Waals surface area contributed by atoms with E-state index < -0.39 is 0 Å². The van der Waals surface area contributed by atoms with Crippen LogP contribution in [0.3, 0.4) is 0 Å². The summed E-state index contributed by atoms with van der Waals surface area (Å²) in [6.07, 6.45) is 0. The zero-order valence-electron chi connectivity index (χ0n) is 13.6. The summed E-state index contributed by atoms with van der Waals surface area (Å²) in [5, 5.41) is 20.2. The van der Waals surface area contributed by atoms with Crippen molar-refractivity contribution in [1.82, 2.24) is 10.2 Å². The van der Waals surface area contributed by atoms with E-state index in [-0.39, 0.29) is 12.5 Å². The molecule has 8 heteroatoms. The topological polar surface area (TPSA) is 87.9 Å². The normalized spacial score (nSPS) is 10.1. The van der Waals surface area contributed by atoms with Gasteiger partial charge < -0.3 is 4.74 Å². The first-order valence-electron chi connectivity index (χ1n) is 7.66. The number of nitriles is 1. The van der Waals surface area contributed by atoms with Gasteiger partial charge in [0.2, 0.25) is 5.13 Å². The minimum absolute atomic E-state index is 0.0956. The van der Waals surface area contributed by atoms with Gasteiger partial charge in [-0.2, -0.15) is 5.26 Å². The van der Waals surface area contributed by atoms with Gasteiger partial charge in [-0.05, 0) is 23.8 Å². The van der Waals surface area contributed by atoms with Gasteiger partial charge in [-0.25, -0.2) is 0 Å². The molecule has 0 bridgehead atoms. The van der Waals surface area contributed by atoms with E-state index in [1.165, 1.54) is 23.1 Å². The third kappa shape index (κ3) is 5.05. The van der Waals surface area contributed by atoms with Gasteiger partial charge in [-0.1, -0.05) is 59.5 Å². The second-order valence-electron chi connectivity index (χ2n) is 5.08. The van der Waals surface area contributed by atoms with E-state index in [1.54, 1.807) is 18.2 Å². The Morgan fingerprint density at radius 3 is 2.73 bits per heavy atom. The van der Waals surface area contributed by atoms with Gasteiger partial charge >= 0.3 is 0 Å². The number of para-hydroxylation sites is 1. The van der Waals surface area contributed by atoms with Crippen molar-refractivity contribution < 1.29 is 9.53 Å². The molecule has 0 radical (unpaired) electrons. The van der Waals surface area contributed by atoms with Gasteiger partial charge in [0.05, 0.1) is 11.6 Å². The van der Waals surface area contributed by atoms with Crippen molar-refractivity contribution in [3.05, 3.63) is 65.7 Å². The quantitative estimate of drug-likeness (QED) is 0.495. The van der Waals surface area contributed by atoms with Crippen molar-refractivity contribution in [2.24, 2.45) is 0 Å². The predicted octanol–water partition coefficient (Wildman–Crippen LogP) is 3.72. The molecular formula is C18H14N4O2S2. The van der Waals surface area contributed by atoms with Crippen molar-refractivity contribution in [2.45, 2.75) is 10.1 Å². The number of nitrogens with zero attached hydrogens (tertiary/aromatic N) is 3. The standard InChI is InChI=1S/C18H14N4O2S2/c19-10-13-6-4-5-7-14(13)12-25-18-22-21-17(26-18)20-16(23)11-24-15-8-2-1-3-9-15/h1-9H,11-12H2,(H,20,21,23). The summed E-state index contributed by atoms with van der Waals surface area (Å²) in [6, 6.07) is 18.7. The van der Waals surface area contributed by atoms with Gasteiger partial charge in [0.1, 0.15) is 5.75 Å². The summed E-state index contributed by atoms with van der Waals surface area (Å²) in [5.41, 5.74) is 1.59. The van der Waals surface area contributed by atoms with Crippen LogP contribution >= 0.6 is 23.1 Å². The molecule has 0 saturated heterocycles. The molecule has 1 N–H and O–H groups in total. The SMILES string of the molecule is N#Cc1ccccc1CSc1nnc(NC(=O)COc2ccccc2)s1. The molecule has 0 aliphatic rings. The van der Waals surface area contributed by atoms with E-state index in [4.69, 9.17) is 10.00 Å². The molecule has 1 aromatic heterocycles. The lowest BCUT2D eigenvalue weighted by molar-refractivity contribution is -0.118. The molecule has 2 aromatic carbocycles. The van der Waals surface area contributed by atoms with Gasteiger partial charge in [-0.15, -0.1) is 10.2 Å². The number of carbonyl (C=O) groups is 1. The summed E-state index contributed by atoms with van der Waals surface area (Å²) in [4.78, 5) is 11.9. The highest BCUT2D eigenvalue weighted by Crippen LogP contribution is 2.29. The third-order valence-corrected chi connectivity index (χ3v) is 5.28. The molecular weight excluding hydrogens is 368 g/mol. The lowest BCUT2D eigenvalue weighted by Crippen LogP contribution is -2.20. The first-order chi connectivity index (χ1) is 12.7. The highest BCUT2D eigenvalue weighted by Gasteiger charge is 2.10. The van der Waals surface area contributed by atoms with Crippen LogP contribution in [0.5, 0.6) is 5.75 Å². The van der Waals surface area contributed by atoms with Gasteiger partial charge in [0.15, 0.2) is 10.9 Å². The van der Waals surface area contributed by atoms with Gasteiger partial charge in [0, 0.05) is 5.75 Å². The number of aromatic nitrogens is 2. The van der Waals surface area contributed by atoms with Crippen LogP contribution in [0.4, 0.5) is 5.13 Å². The van der Waals surface area contributed by atoms with Crippen molar-refractivity contribution >= 4 is 34.1 Å². The summed E-state index contributed by atoms with van der Waals surface area (Å²) in [7, 11) is 0. The Morgan fingerprint density at radius 2 is 1.92 bits per heavy atom. The molecule has 0 saturated carbocycles. The van der Waals surface area contributed by atoms with E-state index in [1.807, 2.05) is 36.4 Å². The number of thioether (sulfide) groups is 1. The monoisotopic (exact) mass is 382 g/mol. The molecule has 0 aliphatic carbocycles. The molecule has 130 valence electrons. The highest BCUT2D eigenvalue weighted by atomic mass is 32.2. The summed E-state index contributed by atoms with van der Waals surface area (Å²) in [6.45, 7) is -0.0956. The lowest BCUT2D eigenvalue weighted by Gasteiger charge is -2.04. The molecule has 1 heterocycles. The maximum atomic E-state index is 11.9. The zero-order chi connectivity index (χ0) is 18.2. The number of rotatable bonds is 7. The minimum Gasteiger partial charge on any atom is -0.484 e. The Bertz CT molecular complexity index is 922. The molecule has 0 fully saturated rings. The molecule has 3 rings (SSSR count). The summed E-state index contributed by atoms with van der Waals surface area (Å²) in [5.74, 6) is 0.951. The number of amides is 1. The first-order valence-corrected chi connectivity index (χ1v) is 9.47. The zero-order valence-corrected chi connectivity index (χ0v) is 15.2. The molecule has 1 amide bonds. The number of hydrogen-bond acceptors (Lipinski definition) is 7. The maximum absolute atomic E-state index is 11.9. The molecule has 0 unspecified atom stereocenters. The Hall–Kier alpha value is -2.89. The van der Waals surface area contributed by atoms with Crippen LogP contribution in [-0.2, 0) is 10.5 Å². The number of anilines is 1. The van der Waals surface area contributed by atoms with E-state index in [0.29, 0.717) is 22.2 Å². The van der Waals surface area contributed by atoms with E-state index in [0.717, 1.165) is 9.90 Å². The van der Waals surface area contributed by atoms with Crippen LogP contribution in [-0.4, -0.2) is 22.7 Å². The Labute approximate surface area is 158 Å². The summed E-state index contributed by atoms with van der Waals surface area (Å²) < 4.78 is 6.11. The van der Waals surface area contributed by atoms with Crippen molar-refractivity contribution in [3.63, 3.8) is 0 Å². The van der Waals surface area contributed by atoms with Crippen LogP contribution in [0.15, 0.2) is 58.9 Å². The average molecular weight is 382 g/mol. The number of nitrogens with one attached hydrogen (secondary N) is 1. The fraction of sp³-hybridized carbons (Fsp3) is 0.111. The number of benzene rings is 2. The number of ether oxygens (including phenoxy) is 1. The fourth-order valence-electron chi connectivity index (χ4n) is 2.03. The fourth-order valence-corrected chi connectivity index (χ4v) is 3.81. The molecule has 0 spiro atoms. The Morgan fingerprint density at radius 1 is 1.15 bits per heavy atom. The second-order valence-corrected chi connectivity index (χ2v) is 7.28. The average Bonchev–Trinajstić information content (AvgIpc) is 3.13. The summed E-state index contributed by atoms with van der Waals surface area (Å²) >= 11 is 2.76. The lowest BCUT2D eigenvalue weighted by atomic mass is 10.1. The highest BCUT2D eigenvalue weighted by molar-refractivity contribution is 8.00. The number of hydrogen-bond donors (Lipinski definition) is 1. The molecule has 26 heavy (non-hydrogen) atoms. The smallest absolute Gasteiger partial charge is 0.264 e. The second kappa shape index (κ2) is 8.99. The maximum Gasteiger partial charge on any atom is 0.264 e. The van der Waals surface area contributed by atoms with E-state index in [2.05, 4.69) is 21.6 Å². The molecule has 6 nitrogen and oxygen atoms in total. The van der Waals surface area contributed by atoms with Crippen molar-refractivity contribution in [1.29, 1.82) is 5.26 Å². The largest absolute Gasteiger partial charge is 0.484 e. The van der Waals surface area contributed by atoms with E-state index >= 15 is 0 Å². The van der Waals surface area contributed by atoms with Crippen LogP contribution in [0.2, 0.25) is 0 Å². The number of carbonyl (C=O) groups excluding carboxylic acids is 1. The van der Waals surface area contributed by atoms with Crippen LogP contribution in [0.1, 0.15) is 11.1 Å². The van der Waals surface area contributed by atoms with Gasteiger partial charge in [-0.3, -0.25) is 10.1 Å². The Kier molecular flexibility index (Phi) is 6.19. The molecule has 3 aromatic rings. The van der Waals surface area contributed by atoms with Crippen LogP contribution < -0.4 is 10.1 Å². The van der Waals surface area contributed by atoms with Crippen molar-refractivity contribution in [2.75, 3.05) is 11.9 Å².